The summed E-state index contributed by atoms with van der Waals surface area (Å²) in [6.07, 6.45) is 11.4. The van der Waals surface area contributed by atoms with E-state index in [2.05, 4.69) is 26.1 Å². The van der Waals surface area contributed by atoms with E-state index in [-0.39, 0.29) is 0 Å². The number of nitrogens with one attached hydrogen (secondary N) is 1. The average molecular weight is 239 g/mol. The molecule has 0 spiro atoms. The topological polar surface area (TPSA) is 12.0 Å². The number of hydrogen-bond acceptors (Lipinski definition) is 1. The Morgan fingerprint density at radius 3 is 2.53 bits per heavy atom. The lowest BCUT2D eigenvalue weighted by molar-refractivity contribution is 0.209. The second-order valence-electron chi connectivity index (χ2n) is 6.03. The van der Waals surface area contributed by atoms with Gasteiger partial charge in [-0.3, -0.25) is 0 Å². The van der Waals surface area contributed by atoms with Crippen molar-refractivity contribution in [1.82, 2.24) is 5.32 Å². The fraction of sp³-hybridized carbons (Fsp3) is 1.00. The first-order valence-electron chi connectivity index (χ1n) is 8.00. The summed E-state index contributed by atoms with van der Waals surface area (Å²) in [6.45, 7) is 9.55. The molecule has 3 unspecified atom stereocenters. The van der Waals surface area contributed by atoms with Gasteiger partial charge in [0.1, 0.15) is 0 Å². The quantitative estimate of drug-likeness (QED) is 0.505. The number of hydrogen-bond donors (Lipinski definition) is 1. The van der Waals surface area contributed by atoms with Gasteiger partial charge >= 0.3 is 0 Å². The Labute approximate surface area is 109 Å². The van der Waals surface area contributed by atoms with Gasteiger partial charge in [-0.15, -0.1) is 0 Å². The normalized spacial score (nSPS) is 27.7. The van der Waals surface area contributed by atoms with E-state index < -0.39 is 0 Å². The van der Waals surface area contributed by atoms with Crippen LogP contribution in [0.15, 0.2) is 0 Å². The van der Waals surface area contributed by atoms with E-state index in [1.54, 1.807) is 0 Å². The molecule has 0 aromatic heterocycles. The lowest BCUT2D eigenvalue weighted by Gasteiger charge is -2.30. The molecule has 1 aliphatic carbocycles. The molecule has 102 valence electrons. The molecule has 0 aliphatic heterocycles. The molecule has 0 aromatic carbocycles. The summed E-state index contributed by atoms with van der Waals surface area (Å²) in [5.74, 6) is 2.87. The summed E-state index contributed by atoms with van der Waals surface area (Å²) in [4.78, 5) is 0. The van der Waals surface area contributed by atoms with Gasteiger partial charge in [-0.2, -0.15) is 0 Å². The van der Waals surface area contributed by atoms with Gasteiger partial charge in [0.2, 0.25) is 0 Å². The third kappa shape index (κ3) is 5.42. The molecule has 1 saturated carbocycles. The Morgan fingerprint density at radius 2 is 1.82 bits per heavy atom. The molecule has 1 fully saturated rings. The zero-order chi connectivity index (χ0) is 12.5. The highest BCUT2D eigenvalue weighted by Crippen LogP contribution is 2.35. The van der Waals surface area contributed by atoms with Crippen molar-refractivity contribution in [2.24, 2.45) is 17.8 Å². The van der Waals surface area contributed by atoms with Crippen molar-refractivity contribution < 1.29 is 0 Å². The molecule has 0 saturated heterocycles. The first-order valence-corrected chi connectivity index (χ1v) is 8.00. The molecule has 3 atom stereocenters. The van der Waals surface area contributed by atoms with Gasteiger partial charge in [0.15, 0.2) is 0 Å². The molecule has 17 heavy (non-hydrogen) atoms. The Hall–Kier alpha value is -0.0400. The molecular weight excluding hydrogens is 206 g/mol. The fourth-order valence-electron chi connectivity index (χ4n) is 3.55. The second kappa shape index (κ2) is 8.97. The van der Waals surface area contributed by atoms with E-state index in [1.165, 1.54) is 64.5 Å². The highest BCUT2D eigenvalue weighted by Gasteiger charge is 2.27. The monoisotopic (exact) mass is 239 g/mol. The van der Waals surface area contributed by atoms with Gasteiger partial charge in [0, 0.05) is 0 Å². The van der Waals surface area contributed by atoms with Crippen LogP contribution in [0.5, 0.6) is 0 Å². The summed E-state index contributed by atoms with van der Waals surface area (Å²) in [5.41, 5.74) is 0. The molecule has 0 heterocycles. The van der Waals surface area contributed by atoms with Crippen molar-refractivity contribution in [3.63, 3.8) is 0 Å². The minimum absolute atomic E-state index is 0.937. The van der Waals surface area contributed by atoms with Gasteiger partial charge in [0.05, 0.1) is 0 Å². The van der Waals surface area contributed by atoms with Gasteiger partial charge in [0.25, 0.3) is 0 Å². The summed E-state index contributed by atoms with van der Waals surface area (Å²) in [5, 5.41) is 3.66. The molecule has 1 N–H and O–H groups in total. The van der Waals surface area contributed by atoms with E-state index in [0.717, 1.165) is 17.8 Å². The van der Waals surface area contributed by atoms with Crippen LogP contribution < -0.4 is 5.32 Å². The molecular formula is C16H33N. The molecule has 1 aliphatic rings. The summed E-state index contributed by atoms with van der Waals surface area (Å²) in [6, 6.07) is 0. The Balaban J connectivity index is 2.46. The van der Waals surface area contributed by atoms with Crippen molar-refractivity contribution in [2.45, 2.75) is 72.1 Å². The summed E-state index contributed by atoms with van der Waals surface area (Å²) < 4.78 is 0. The summed E-state index contributed by atoms with van der Waals surface area (Å²) >= 11 is 0. The van der Waals surface area contributed by atoms with Crippen LogP contribution in [0.4, 0.5) is 0 Å². The second-order valence-corrected chi connectivity index (χ2v) is 6.03. The lowest BCUT2D eigenvalue weighted by atomic mass is 9.77. The third-order valence-electron chi connectivity index (χ3n) is 4.53. The molecule has 1 heteroatoms. The Morgan fingerprint density at radius 1 is 1.06 bits per heavy atom. The van der Waals surface area contributed by atoms with Crippen molar-refractivity contribution in [3.8, 4) is 0 Å². The highest BCUT2D eigenvalue weighted by molar-refractivity contribution is 4.79. The maximum Gasteiger partial charge on any atom is -0.00178 e. The van der Waals surface area contributed by atoms with Crippen LogP contribution in [-0.2, 0) is 0 Å². The standard InChI is InChI=1S/C16H33N/c1-4-9-14(3)16-11-8-6-7-10-15(16)13-17-12-5-2/h14-17H,4-13H2,1-3H3. The first-order chi connectivity index (χ1) is 8.29. The van der Waals surface area contributed by atoms with E-state index in [0.29, 0.717) is 0 Å². The van der Waals surface area contributed by atoms with E-state index >= 15 is 0 Å². The highest BCUT2D eigenvalue weighted by atomic mass is 14.9. The van der Waals surface area contributed by atoms with E-state index in [4.69, 9.17) is 0 Å². The minimum Gasteiger partial charge on any atom is -0.316 e. The van der Waals surface area contributed by atoms with Crippen LogP contribution in [0, 0.1) is 17.8 Å². The smallest absolute Gasteiger partial charge is 0.00178 e. The van der Waals surface area contributed by atoms with Gasteiger partial charge in [-0.05, 0) is 50.1 Å². The molecule has 1 rings (SSSR count). The van der Waals surface area contributed by atoms with Crippen LogP contribution in [0.25, 0.3) is 0 Å². The predicted molar refractivity (Wildman–Crippen MR) is 77.3 cm³/mol. The van der Waals surface area contributed by atoms with Gasteiger partial charge < -0.3 is 5.32 Å². The fourth-order valence-corrected chi connectivity index (χ4v) is 3.55. The third-order valence-corrected chi connectivity index (χ3v) is 4.53. The predicted octanol–water partition coefficient (Wildman–Crippen LogP) is 4.62. The molecule has 0 aromatic rings. The molecule has 0 bridgehead atoms. The molecule has 0 amide bonds. The van der Waals surface area contributed by atoms with Gasteiger partial charge in [-0.1, -0.05) is 52.9 Å². The Kier molecular flexibility index (Phi) is 7.92. The van der Waals surface area contributed by atoms with Gasteiger partial charge in [-0.25, -0.2) is 0 Å². The zero-order valence-electron chi connectivity index (χ0n) is 12.3. The number of rotatable bonds is 7. The van der Waals surface area contributed by atoms with Crippen LogP contribution >= 0.6 is 0 Å². The summed E-state index contributed by atoms with van der Waals surface area (Å²) in [7, 11) is 0. The van der Waals surface area contributed by atoms with Crippen LogP contribution in [0.2, 0.25) is 0 Å². The molecule has 1 nitrogen and oxygen atoms in total. The van der Waals surface area contributed by atoms with Crippen LogP contribution in [0.1, 0.15) is 72.1 Å². The minimum atomic E-state index is 0.937. The maximum absolute atomic E-state index is 3.66. The maximum atomic E-state index is 3.66. The first kappa shape index (κ1) is 15.0. The Bertz CT molecular complexity index is 178. The largest absolute Gasteiger partial charge is 0.316 e. The van der Waals surface area contributed by atoms with Crippen molar-refractivity contribution in [2.75, 3.05) is 13.1 Å². The average Bonchev–Trinajstić information content (AvgIpc) is 2.55. The zero-order valence-corrected chi connectivity index (χ0v) is 12.3. The SMILES string of the molecule is CCCNCC1CCCCCC1C(C)CCC. The van der Waals surface area contributed by atoms with Crippen molar-refractivity contribution in [3.05, 3.63) is 0 Å². The van der Waals surface area contributed by atoms with E-state index in [1.807, 2.05) is 0 Å². The van der Waals surface area contributed by atoms with Crippen LogP contribution in [0.3, 0.4) is 0 Å². The van der Waals surface area contributed by atoms with E-state index in [9.17, 15) is 0 Å². The van der Waals surface area contributed by atoms with Crippen LogP contribution in [-0.4, -0.2) is 13.1 Å². The van der Waals surface area contributed by atoms with Crippen molar-refractivity contribution in [1.29, 1.82) is 0 Å². The van der Waals surface area contributed by atoms with Crippen molar-refractivity contribution >= 4 is 0 Å². The lowest BCUT2D eigenvalue weighted by Crippen LogP contribution is -2.31. The molecule has 0 radical (unpaired) electrons.